The van der Waals surface area contributed by atoms with Gasteiger partial charge in [0.25, 0.3) is 0 Å². The molecular formula is C16H22O2S2. The summed E-state index contributed by atoms with van der Waals surface area (Å²) in [5, 5.41) is 1.26. The highest BCUT2D eigenvalue weighted by Crippen LogP contribution is 2.37. The second kappa shape index (κ2) is 7.41. The van der Waals surface area contributed by atoms with E-state index in [-0.39, 0.29) is 11.0 Å². The molecule has 2 rings (SSSR count). The number of hydrogen-bond donors (Lipinski definition) is 0. The lowest BCUT2D eigenvalue weighted by Gasteiger charge is -2.30. The van der Waals surface area contributed by atoms with Gasteiger partial charge in [0.2, 0.25) is 0 Å². The number of rotatable bonds is 5. The van der Waals surface area contributed by atoms with Crippen molar-refractivity contribution in [2.24, 2.45) is 0 Å². The maximum absolute atomic E-state index is 12.5. The SMILES string of the molecule is CCCOc1ccc(C(=O)C2CSC(C)C(C)S2)cc1. The van der Waals surface area contributed by atoms with Crippen LogP contribution < -0.4 is 4.74 Å². The largest absolute Gasteiger partial charge is 0.494 e. The molecule has 1 fully saturated rings. The maximum atomic E-state index is 12.5. The third-order valence-electron chi connectivity index (χ3n) is 3.45. The Bertz CT molecular complexity index is 444. The van der Waals surface area contributed by atoms with Crippen LogP contribution in [0.3, 0.4) is 0 Å². The highest BCUT2D eigenvalue weighted by Gasteiger charge is 2.30. The molecule has 0 saturated carbocycles. The van der Waals surface area contributed by atoms with Gasteiger partial charge in [-0.25, -0.2) is 0 Å². The number of ether oxygens (including phenoxy) is 1. The number of hydrogen-bond acceptors (Lipinski definition) is 4. The van der Waals surface area contributed by atoms with Crippen LogP contribution in [0.25, 0.3) is 0 Å². The standard InChI is InChI=1S/C16H22O2S2/c1-4-9-18-14-7-5-13(6-8-14)16(17)15-10-19-11(2)12(3)20-15/h5-8,11-12,15H,4,9-10H2,1-3H3. The number of benzene rings is 1. The monoisotopic (exact) mass is 310 g/mol. The molecule has 1 saturated heterocycles. The van der Waals surface area contributed by atoms with Crippen molar-refractivity contribution in [3.05, 3.63) is 29.8 Å². The molecule has 0 bridgehead atoms. The van der Waals surface area contributed by atoms with Gasteiger partial charge in [0.15, 0.2) is 5.78 Å². The van der Waals surface area contributed by atoms with E-state index in [4.69, 9.17) is 4.74 Å². The first kappa shape index (κ1) is 15.8. The van der Waals surface area contributed by atoms with Crippen LogP contribution in [0.5, 0.6) is 5.75 Å². The molecule has 1 aromatic rings. The fourth-order valence-electron chi connectivity index (χ4n) is 2.04. The third kappa shape index (κ3) is 3.95. The molecule has 110 valence electrons. The van der Waals surface area contributed by atoms with Gasteiger partial charge < -0.3 is 4.74 Å². The zero-order valence-electron chi connectivity index (χ0n) is 12.3. The Labute approximate surface area is 130 Å². The maximum Gasteiger partial charge on any atom is 0.176 e. The van der Waals surface area contributed by atoms with Crippen LogP contribution in [0.2, 0.25) is 0 Å². The number of thioether (sulfide) groups is 2. The predicted molar refractivity (Wildman–Crippen MR) is 89.3 cm³/mol. The number of carbonyl (C=O) groups excluding carboxylic acids is 1. The van der Waals surface area contributed by atoms with Crippen molar-refractivity contribution in [2.75, 3.05) is 12.4 Å². The molecule has 0 N–H and O–H groups in total. The zero-order valence-corrected chi connectivity index (χ0v) is 13.9. The van der Waals surface area contributed by atoms with E-state index < -0.39 is 0 Å². The van der Waals surface area contributed by atoms with Crippen LogP contribution in [0.1, 0.15) is 37.6 Å². The summed E-state index contributed by atoms with van der Waals surface area (Å²) in [5.74, 6) is 2.02. The van der Waals surface area contributed by atoms with E-state index in [0.29, 0.717) is 10.5 Å². The minimum absolute atomic E-state index is 0.0913. The van der Waals surface area contributed by atoms with E-state index in [2.05, 4.69) is 20.8 Å². The summed E-state index contributed by atoms with van der Waals surface area (Å²) in [6, 6.07) is 7.58. The molecule has 4 heteroatoms. The van der Waals surface area contributed by atoms with E-state index in [9.17, 15) is 4.79 Å². The van der Waals surface area contributed by atoms with Crippen molar-refractivity contribution in [1.29, 1.82) is 0 Å². The average Bonchev–Trinajstić information content (AvgIpc) is 2.48. The van der Waals surface area contributed by atoms with Gasteiger partial charge in [0.05, 0.1) is 11.9 Å². The molecule has 2 nitrogen and oxygen atoms in total. The molecule has 0 aromatic heterocycles. The normalized spacial score (nSPS) is 26.2. The van der Waals surface area contributed by atoms with Crippen molar-refractivity contribution in [2.45, 2.75) is 42.9 Å². The van der Waals surface area contributed by atoms with Crippen molar-refractivity contribution in [3.63, 3.8) is 0 Å². The van der Waals surface area contributed by atoms with Gasteiger partial charge in [-0.15, -0.1) is 11.8 Å². The van der Waals surface area contributed by atoms with E-state index in [0.717, 1.165) is 30.1 Å². The Kier molecular flexibility index (Phi) is 5.85. The van der Waals surface area contributed by atoms with Crippen LogP contribution in [0, 0.1) is 0 Å². The summed E-state index contributed by atoms with van der Waals surface area (Å²) in [4.78, 5) is 12.5. The molecule has 0 aliphatic carbocycles. The minimum Gasteiger partial charge on any atom is -0.494 e. The van der Waals surface area contributed by atoms with Gasteiger partial charge in [0, 0.05) is 21.8 Å². The summed E-state index contributed by atoms with van der Waals surface area (Å²) in [6.07, 6.45) is 0.993. The van der Waals surface area contributed by atoms with Gasteiger partial charge in [-0.3, -0.25) is 4.79 Å². The number of ketones is 1. The van der Waals surface area contributed by atoms with E-state index in [1.165, 1.54) is 0 Å². The lowest BCUT2D eigenvalue weighted by atomic mass is 10.1. The fraction of sp³-hybridized carbons (Fsp3) is 0.562. The molecule has 3 unspecified atom stereocenters. The highest BCUT2D eigenvalue weighted by atomic mass is 32.2. The molecule has 0 amide bonds. The fourth-order valence-corrected chi connectivity index (χ4v) is 4.92. The third-order valence-corrected chi connectivity index (χ3v) is 6.84. The topological polar surface area (TPSA) is 26.3 Å². The summed E-state index contributed by atoms with van der Waals surface area (Å²) in [6.45, 7) is 7.25. The Morgan fingerprint density at radius 3 is 2.55 bits per heavy atom. The molecule has 0 radical (unpaired) electrons. The second-order valence-corrected chi connectivity index (χ2v) is 8.10. The molecular weight excluding hydrogens is 288 g/mol. The second-order valence-electron chi connectivity index (χ2n) is 5.11. The van der Waals surface area contributed by atoms with Crippen molar-refractivity contribution in [3.8, 4) is 5.75 Å². The molecule has 20 heavy (non-hydrogen) atoms. The van der Waals surface area contributed by atoms with Gasteiger partial charge >= 0.3 is 0 Å². The first-order valence-corrected chi connectivity index (χ1v) is 9.15. The van der Waals surface area contributed by atoms with Crippen LogP contribution >= 0.6 is 23.5 Å². The van der Waals surface area contributed by atoms with Gasteiger partial charge in [0.1, 0.15) is 5.75 Å². The summed E-state index contributed by atoms with van der Waals surface area (Å²) in [7, 11) is 0. The first-order chi connectivity index (χ1) is 9.61. The Morgan fingerprint density at radius 1 is 1.25 bits per heavy atom. The van der Waals surface area contributed by atoms with Gasteiger partial charge in [-0.2, -0.15) is 11.8 Å². The van der Waals surface area contributed by atoms with E-state index in [1.807, 2.05) is 47.8 Å². The predicted octanol–water partition coefficient (Wildman–Crippen LogP) is 4.28. The summed E-state index contributed by atoms with van der Waals surface area (Å²) < 4.78 is 5.55. The van der Waals surface area contributed by atoms with Crippen molar-refractivity contribution < 1.29 is 9.53 Å². The highest BCUT2D eigenvalue weighted by molar-refractivity contribution is 8.08. The minimum atomic E-state index is 0.0913. The van der Waals surface area contributed by atoms with E-state index >= 15 is 0 Å². The van der Waals surface area contributed by atoms with Crippen LogP contribution in [0.4, 0.5) is 0 Å². The van der Waals surface area contributed by atoms with Crippen molar-refractivity contribution in [1.82, 2.24) is 0 Å². The Hall–Kier alpha value is -0.610. The summed E-state index contributed by atoms with van der Waals surface area (Å²) >= 11 is 3.72. The molecule has 1 aliphatic rings. The molecule has 1 heterocycles. The van der Waals surface area contributed by atoms with Crippen molar-refractivity contribution >= 4 is 29.3 Å². The lowest BCUT2D eigenvalue weighted by molar-refractivity contribution is 0.0994. The lowest BCUT2D eigenvalue weighted by Crippen LogP contribution is -2.31. The molecule has 3 atom stereocenters. The molecule has 0 spiro atoms. The summed E-state index contributed by atoms with van der Waals surface area (Å²) in [5.41, 5.74) is 0.800. The Balaban J connectivity index is 1.98. The zero-order chi connectivity index (χ0) is 14.5. The smallest absolute Gasteiger partial charge is 0.176 e. The first-order valence-electron chi connectivity index (χ1n) is 7.16. The van der Waals surface area contributed by atoms with Crippen LogP contribution in [-0.2, 0) is 0 Å². The van der Waals surface area contributed by atoms with Crippen LogP contribution in [0.15, 0.2) is 24.3 Å². The van der Waals surface area contributed by atoms with Gasteiger partial charge in [-0.1, -0.05) is 20.8 Å². The molecule has 1 aromatic carbocycles. The Morgan fingerprint density at radius 2 is 1.95 bits per heavy atom. The molecule has 1 aliphatic heterocycles. The van der Waals surface area contributed by atoms with Gasteiger partial charge in [-0.05, 0) is 30.7 Å². The average molecular weight is 310 g/mol. The number of Topliss-reactive ketones (excluding diaryl/α,β-unsaturated/α-hetero) is 1. The quantitative estimate of drug-likeness (QED) is 0.758. The van der Waals surface area contributed by atoms with Crippen LogP contribution in [-0.4, -0.2) is 33.9 Å². The number of carbonyl (C=O) groups is 1. The van der Waals surface area contributed by atoms with E-state index in [1.54, 1.807) is 0 Å².